The highest BCUT2D eigenvalue weighted by atomic mass is 19.1. The van der Waals surface area contributed by atoms with E-state index in [4.69, 9.17) is 9.47 Å². The van der Waals surface area contributed by atoms with E-state index in [1.54, 1.807) is 13.8 Å². The Hall–Kier alpha value is -2.76. The van der Waals surface area contributed by atoms with Gasteiger partial charge >= 0.3 is 5.97 Å². The second-order valence-corrected chi connectivity index (χ2v) is 6.50. The third-order valence-electron chi connectivity index (χ3n) is 4.04. The van der Waals surface area contributed by atoms with E-state index in [1.807, 2.05) is 0 Å². The van der Waals surface area contributed by atoms with Crippen LogP contribution < -0.4 is 4.74 Å². The predicted octanol–water partition coefficient (Wildman–Crippen LogP) is 4.06. The van der Waals surface area contributed by atoms with Crippen molar-refractivity contribution in [1.82, 2.24) is 0 Å². The van der Waals surface area contributed by atoms with Crippen LogP contribution in [0.1, 0.15) is 42.6 Å². The molecule has 4 nitrogen and oxygen atoms in total. The third-order valence-corrected chi connectivity index (χ3v) is 4.04. The van der Waals surface area contributed by atoms with Crippen molar-refractivity contribution in [2.24, 2.45) is 0 Å². The van der Waals surface area contributed by atoms with Crippen LogP contribution in [0.25, 0.3) is 0 Å². The van der Waals surface area contributed by atoms with Crippen molar-refractivity contribution in [2.75, 3.05) is 0 Å². The van der Waals surface area contributed by atoms with Gasteiger partial charge in [0.2, 0.25) is 5.60 Å². The first-order chi connectivity index (χ1) is 12.3. The Bertz CT molecular complexity index is 819. The molecule has 0 aliphatic heterocycles. The van der Waals surface area contributed by atoms with Gasteiger partial charge in [0.15, 0.2) is 5.78 Å². The van der Waals surface area contributed by atoms with Crippen molar-refractivity contribution < 1.29 is 27.8 Å². The summed E-state index contributed by atoms with van der Waals surface area (Å²) in [6.07, 6.45) is 0.874. The van der Waals surface area contributed by atoms with Gasteiger partial charge in [0.05, 0.1) is 11.7 Å². The first-order valence-corrected chi connectivity index (χ1v) is 8.31. The van der Waals surface area contributed by atoms with Crippen molar-refractivity contribution >= 4 is 11.8 Å². The van der Waals surface area contributed by atoms with Crippen molar-refractivity contribution in [2.45, 2.75) is 38.4 Å². The molecule has 0 unspecified atom stereocenters. The molecule has 0 amide bonds. The van der Waals surface area contributed by atoms with Crippen molar-refractivity contribution in [3.63, 3.8) is 0 Å². The summed E-state index contributed by atoms with van der Waals surface area (Å²) in [4.78, 5) is 24.4. The molecule has 0 aromatic heterocycles. The molecule has 6 heteroatoms. The lowest BCUT2D eigenvalue weighted by molar-refractivity contribution is -0.158. The Labute approximate surface area is 149 Å². The summed E-state index contributed by atoms with van der Waals surface area (Å²) in [6, 6.07) is 9.07. The first-order valence-electron chi connectivity index (χ1n) is 8.31. The van der Waals surface area contributed by atoms with E-state index < -0.39 is 34.6 Å². The van der Waals surface area contributed by atoms with Gasteiger partial charge in [0.1, 0.15) is 17.4 Å². The van der Waals surface area contributed by atoms with E-state index in [2.05, 4.69) is 0 Å². The van der Waals surface area contributed by atoms with E-state index in [-0.39, 0.29) is 11.7 Å². The number of carbonyl (C=O) groups is 2. The highest BCUT2D eigenvalue weighted by Gasteiger charge is 2.54. The SMILES string of the molecule is CC(C)OC(=O)C1(Oc2ccc(C(=O)c3c(F)cccc3F)cc2)CC1. The highest BCUT2D eigenvalue weighted by molar-refractivity contribution is 6.09. The number of esters is 1. The molecule has 1 fully saturated rings. The Morgan fingerprint density at radius 3 is 2.08 bits per heavy atom. The maximum Gasteiger partial charge on any atom is 0.350 e. The van der Waals surface area contributed by atoms with Gasteiger partial charge in [-0.05, 0) is 50.2 Å². The molecule has 0 N–H and O–H groups in total. The van der Waals surface area contributed by atoms with Gasteiger partial charge in [-0.2, -0.15) is 0 Å². The molecule has 2 aromatic carbocycles. The van der Waals surface area contributed by atoms with Crippen LogP contribution in [0.15, 0.2) is 42.5 Å². The molecule has 136 valence electrons. The molecule has 26 heavy (non-hydrogen) atoms. The van der Waals surface area contributed by atoms with Crippen molar-refractivity contribution in [1.29, 1.82) is 0 Å². The zero-order valence-electron chi connectivity index (χ0n) is 14.4. The first kappa shape index (κ1) is 18.0. The van der Waals surface area contributed by atoms with Gasteiger partial charge in [-0.3, -0.25) is 4.79 Å². The van der Waals surface area contributed by atoms with Gasteiger partial charge in [0.25, 0.3) is 0 Å². The lowest BCUT2D eigenvalue weighted by Crippen LogP contribution is -2.33. The molecule has 1 aliphatic rings. The summed E-state index contributed by atoms with van der Waals surface area (Å²) in [7, 11) is 0. The van der Waals surface area contributed by atoms with Crippen LogP contribution in [0.4, 0.5) is 8.78 Å². The molecule has 0 heterocycles. The van der Waals surface area contributed by atoms with Crippen LogP contribution in [-0.4, -0.2) is 23.5 Å². The lowest BCUT2D eigenvalue weighted by atomic mass is 10.0. The Morgan fingerprint density at radius 1 is 1.00 bits per heavy atom. The van der Waals surface area contributed by atoms with Crippen molar-refractivity contribution in [3.8, 4) is 5.75 Å². The fourth-order valence-electron chi connectivity index (χ4n) is 2.54. The summed E-state index contributed by atoms with van der Waals surface area (Å²) in [6.45, 7) is 3.52. The van der Waals surface area contributed by atoms with Crippen molar-refractivity contribution in [3.05, 3.63) is 65.2 Å². The van der Waals surface area contributed by atoms with E-state index in [0.717, 1.165) is 12.1 Å². The molecule has 1 saturated carbocycles. The van der Waals surface area contributed by atoms with Crippen LogP contribution in [0.5, 0.6) is 5.75 Å². The van der Waals surface area contributed by atoms with E-state index in [9.17, 15) is 18.4 Å². The quantitative estimate of drug-likeness (QED) is 0.576. The number of rotatable bonds is 6. The summed E-state index contributed by atoms with van der Waals surface area (Å²) >= 11 is 0. The number of halogens is 2. The van der Waals surface area contributed by atoms with Crippen LogP contribution in [0, 0.1) is 11.6 Å². The average Bonchev–Trinajstić information content (AvgIpc) is 3.35. The maximum absolute atomic E-state index is 13.8. The standard InChI is InChI=1S/C20H18F2O4/c1-12(2)25-19(24)20(10-11-20)26-14-8-6-13(7-9-14)18(23)17-15(21)4-3-5-16(17)22/h3-9,12H,10-11H2,1-2H3. The van der Waals surface area contributed by atoms with E-state index >= 15 is 0 Å². The molecule has 0 spiro atoms. The van der Waals surface area contributed by atoms with Gasteiger partial charge in [-0.15, -0.1) is 0 Å². The Kier molecular flexibility index (Phi) is 4.76. The molecule has 1 aliphatic carbocycles. The largest absolute Gasteiger partial charge is 0.476 e. The Balaban J connectivity index is 1.75. The Morgan fingerprint density at radius 2 is 1.58 bits per heavy atom. The number of benzene rings is 2. The minimum atomic E-state index is -0.979. The zero-order valence-corrected chi connectivity index (χ0v) is 14.4. The van der Waals surface area contributed by atoms with E-state index in [1.165, 1.54) is 30.3 Å². The molecule has 3 rings (SSSR count). The fourth-order valence-corrected chi connectivity index (χ4v) is 2.54. The monoisotopic (exact) mass is 360 g/mol. The average molecular weight is 360 g/mol. The number of hydrogen-bond acceptors (Lipinski definition) is 4. The second-order valence-electron chi connectivity index (χ2n) is 6.50. The van der Waals surface area contributed by atoms with Crippen LogP contribution >= 0.6 is 0 Å². The minimum Gasteiger partial charge on any atom is -0.476 e. The maximum atomic E-state index is 13.8. The minimum absolute atomic E-state index is 0.121. The van der Waals surface area contributed by atoms with Crippen LogP contribution in [0.3, 0.4) is 0 Å². The molecule has 2 aromatic rings. The van der Waals surface area contributed by atoms with E-state index in [0.29, 0.717) is 18.6 Å². The number of carbonyl (C=O) groups excluding carboxylic acids is 2. The number of ether oxygens (including phenoxy) is 2. The lowest BCUT2D eigenvalue weighted by Gasteiger charge is -2.18. The predicted molar refractivity (Wildman–Crippen MR) is 90.1 cm³/mol. The summed E-state index contributed by atoms with van der Waals surface area (Å²) < 4.78 is 38.4. The second kappa shape index (κ2) is 6.86. The van der Waals surface area contributed by atoms with Gasteiger partial charge in [0, 0.05) is 18.4 Å². The summed E-state index contributed by atoms with van der Waals surface area (Å²) in [5.74, 6) is -2.62. The fraction of sp³-hybridized carbons (Fsp3) is 0.300. The number of ketones is 1. The highest BCUT2D eigenvalue weighted by Crippen LogP contribution is 2.41. The van der Waals surface area contributed by atoms with Gasteiger partial charge in [-0.25, -0.2) is 13.6 Å². The normalized spacial score (nSPS) is 14.8. The third kappa shape index (κ3) is 3.59. The molecular weight excluding hydrogens is 342 g/mol. The smallest absolute Gasteiger partial charge is 0.350 e. The molecule has 0 radical (unpaired) electrons. The molecule has 0 saturated heterocycles. The van der Waals surface area contributed by atoms with Crippen LogP contribution in [-0.2, 0) is 9.53 Å². The topological polar surface area (TPSA) is 52.6 Å². The summed E-state index contributed by atoms with van der Waals surface area (Å²) in [5.41, 5.74) is -1.45. The molecule has 0 bridgehead atoms. The molecule has 0 atom stereocenters. The molecular formula is C20H18F2O4. The number of hydrogen-bond donors (Lipinski definition) is 0. The van der Waals surface area contributed by atoms with Crippen LogP contribution in [0.2, 0.25) is 0 Å². The van der Waals surface area contributed by atoms with Gasteiger partial charge in [-0.1, -0.05) is 6.07 Å². The summed E-state index contributed by atoms with van der Waals surface area (Å²) in [5, 5.41) is 0. The zero-order chi connectivity index (χ0) is 18.9. The van der Waals surface area contributed by atoms with Gasteiger partial charge < -0.3 is 9.47 Å².